The fraction of sp³-hybridized carbons (Fsp3) is 0.433. The molecule has 3 aromatic rings. The van der Waals surface area contributed by atoms with E-state index in [1.807, 2.05) is 0 Å². The zero-order valence-electron chi connectivity index (χ0n) is 21.3. The fourth-order valence-electron chi connectivity index (χ4n) is 5.00. The first-order valence-corrected chi connectivity index (χ1v) is 13.0. The Kier molecular flexibility index (Phi) is 8.29. The number of hydrogen-bond donors (Lipinski definition) is 1. The van der Waals surface area contributed by atoms with Crippen molar-refractivity contribution in [3.63, 3.8) is 0 Å². The first-order valence-electron chi connectivity index (χ1n) is 13.0. The predicted molar refractivity (Wildman–Crippen MR) is 141 cm³/mol. The van der Waals surface area contributed by atoms with E-state index >= 15 is 0 Å². The Hall–Kier alpha value is -3.05. The molecule has 1 N–H and O–H groups in total. The third-order valence-electron chi connectivity index (χ3n) is 7.07. The van der Waals surface area contributed by atoms with E-state index in [1.54, 1.807) is 0 Å². The van der Waals surface area contributed by atoms with E-state index < -0.39 is 5.97 Å². The van der Waals surface area contributed by atoms with Gasteiger partial charge in [0.05, 0.1) is 28.8 Å². The molecular weight excluding hydrogens is 434 g/mol. The topological polar surface area (TPSA) is 66.3 Å². The summed E-state index contributed by atoms with van der Waals surface area (Å²) < 4.78 is 0. The summed E-state index contributed by atoms with van der Waals surface area (Å²) in [6.07, 6.45) is 6.05. The average Bonchev–Trinajstić information content (AvgIpc) is 2.86. The van der Waals surface area contributed by atoms with Gasteiger partial charge in [0.25, 0.3) is 0 Å². The number of unbranched alkanes of at least 4 members (excludes halogenated alkanes) is 3. The van der Waals surface area contributed by atoms with E-state index in [0.29, 0.717) is 0 Å². The van der Waals surface area contributed by atoms with Crippen LogP contribution in [0.4, 0.5) is 0 Å². The Morgan fingerprint density at radius 3 is 2.03 bits per heavy atom. The number of carbonyl (C=O) groups is 1. The van der Waals surface area contributed by atoms with Gasteiger partial charge >= 0.3 is 5.97 Å². The highest BCUT2D eigenvalue weighted by atomic mass is 16.4. The molecule has 35 heavy (non-hydrogen) atoms. The van der Waals surface area contributed by atoms with Crippen LogP contribution in [0.3, 0.4) is 0 Å². The molecule has 1 unspecified atom stereocenters. The van der Waals surface area contributed by atoms with Gasteiger partial charge in [-0.05, 0) is 33.2 Å². The Morgan fingerprint density at radius 1 is 0.886 bits per heavy atom. The smallest absolute Gasteiger partial charge is 0.303 e. The summed E-state index contributed by atoms with van der Waals surface area (Å²) in [6, 6.07) is 17.4. The summed E-state index contributed by atoms with van der Waals surface area (Å²) in [5, 5.41) is 8.88. The van der Waals surface area contributed by atoms with Crippen molar-refractivity contribution in [1.82, 2.24) is 14.9 Å². The van der Waals surface area contributed by atoms with Gasteiger partial charge < -0.3 is 5.11 Å². The van der Waals surface area contributed by atoms with Gasteiger partial charge in [-0.15, -0.1) is 0 Å². The van der Waals surface area contributed by atoms with Crippen molar-refractivity contribution in [2.75, 3.05) is 13.1 Å². The van der Waals surface area contributed by atoms with Crippen LogP contribution in [0, 0.1) is 13.8 Å². The fourth-order valence-corrected chi connectivity index (χ4v) is 5.00. The summed E-state index contributed by atoms with van der Waals surface area (Å²) in [5.41, 5.74) is 8.83. The highest BCUT2D eigenvalue weighted by molar-refractivity contribution is 5.78. The Morgan fingerprint density at radius 2 is 1.46 bits per heavy atom. The van der Waals surface area contributed by atoms with Gasteiger partial charge in [-0.3, -0.25) is 9.69 Å². The predicted octanol–water partition coefficient (Wildman–Crippen LogP) is 6.77. The molecule has 5 nitrogen and oxygen atoms in total. The molecule has 0 spiro atoms. The van der Waals surface area contributed by atoms with Crippen LogP contribution in [0.25, 0.3) is 22.5 Å². The van der Waals surface area contributed by atoms with E-state index in [0.717, 1.165) is 85.5 Å². The van der Waals surface area contributed by atoms with Crippen LogP contribution in [0.15, 0.2) is 48.5 Å². The van der Waals surface area contributed by atoms with Crippen LogP contribution in [0.2, 0.25) is 0 Å². The minimum atomic E-state index is -0.702. The second-order valence-electron chi connectivity index (χ2n) is 9.73. The maximum atomic E-state index is 10.8. The number of rotatable bonds is 10. The van der Waals surface area contributed by atoms with Crippen molar-refractivity contribution in [3.8, 4) is 22.5 Å². The van der Waals surface area contributed by atoms with Gasteiger partial charge in [-0.2, -0.15) is 0 Å². The summed E-state index contributed by atoms with van der Waals surface area (Å²) in [4.78, 5) is 23.9. The van der Waals surface area contributed by atoms with E-state index in [2.05, 4.69) is 74.2 Å². The van der Waals surface area contributed by atoms with Crippen LogP contribution >= 0.6 is 0 Å². The number of carboxylic acid groups (broad SMARTS) is 1. The highest BCUT2D eigenvalue weighted by Gasteiger charge is 2.30. The Labute approximate surface area is 209 Å². The first-order chi connectivity index (χ1) is 17.0. The summed E-state index contributed by atoms with van der Waals surface area (Å²) in [5.74, 6) is -0.702. The maximum Gasteiger partial charge on any atom is 0.303 e. The van der Waals surface area contributed by atoms with Gasteiger partial charge in [0.1, 0.15) is 0 Å². The molecule has 0 aliphatic carbocycles. The van der Waals surface area contributed by atoms with Crippen LogP contribution < -0.4 is 0 Å². The second kappa shape index (κ2) is 11.6. The highest BCUT2D eigenvalue weighted by Crippen LogP contribution is 2.37. The Bertz CT molecular complexity index is 1140. The lowest BCUT2D eigenvalue weighted by Gasteiger charge is -2.36. The molecule has 1 atom stereocenters. The molecule has 1 aliphatic rings. The van der Waals surface area contributed by atoms with E-state index in [9.17, 15) is 4.79 Å². The molecule has 1 aromatic heterocycles. The zero-order valence-corrected chi connectivity index (χ0v) is 21.3. The maximum absolute atomic E-state index is 10.8. The third-order valence-corrected chi connectivity index (χ3v) is 7.07. The lowest BCUT2D eigenvalue weighted by Crippen LogP contribution is -2.36. The zero-order chi connectivity index (χ0) is 24.8. The van der Waals surface area contributed by atoms with Crippen molar-refractivity contribution in [3.05, 3.63) is 71.0 Å². The number of nitrogens with zero attached hydrogens (tertiary/aromatic N) is 3. The minimum Gasteiger partial charge on any atom is -0.481 e. The molecule has 0 amide bonds. The quantitative estimate of drug-likeness (QED) is 0.330. The lowest BCUT2D eigenvalue weighted by molar-refractivity contribution is -0.137. The average molecular weight is 472 g/mol. The van der Waals surface area contributed by atoms with Crippen molar-refractivity contribution < 1.29 is 9.90 Å². The number of aromatic nitrogens is 2. The second-order valence-corrected chi connectivity index (χ2v) is 9.73. The van der Waals surface area contributed by atoms with E-state index in [1.165, 1.54) is 11.1 Å². The third kappa shape index (κ3) is 6.15. The van der Waals surface area contributed by atoms with Gasteiger partial charge in [0.15, 0.2) is 0 Å². The number of benzene rings is 2. The van der Waals surface area contributed by atoms with Gasteiger partial charge in [0.2, 0.25) is 0 Å². The van der Waals surface area contributed by atoms with Crippen molar-refractivity contribution >= 4 is 5.97 Å². The molecule has 0 saturated heterocycles. The molecule has 0 fully saturated rings. The molecule has 184 valence electrons. The monoisotopic (exact) mass is 471 g/mol. The van der Waals surface area contributed by atoms with Crippen LogP contribution in [0.1, 0.15) is 74.0 Å². The molecule has 2 heterocycles. The molecule has 2 aromatic carbocycles. The number of hydrogen-bond acceptors (Lipinski definition) is 4. The summed E-state index contributed by atoms with van der Waals surface area (Å²) in [7, 11) is 0. The molecule has 4 rings (SSSR count). The molecular formula is C30H37N3O2. The molecule has 0 radical (unpaired) electrons. The van der Waals surface area contributed by atoms with E-state index in [-0.39, 0.29) is 12.5 Å². The summed E-state index contributed by atoms with van der Waals surface area (Å²) >= 11 is 0. The SMILES string of the molecule is CCN1CCc2nc(-c3ccc(C)cc3)c(-c3ccc(C)cc3)nc2C1CCCCCCC(=O)O. The Balaban J connectivity index is 1.68. The normalized spacial score (nSPS) is 15.7. The van der Waals surface area contributed by atoms with Crippen LogP contribution in [0.5, 0.6) is 0 Å². The molecule has 0 saturated carbocycles. The van der Waals surface area contributed by atoms with Gasteiger partial charge in [-0.25, -0.2) is 9.97 Å². The summed E-state index contributed by atoms with van der Waals surface area (Å²) in [6.45, 7) is 8.42. The van der Waals surface area contributed by atoms with Crippen molar-refractivity contribution in [2.45, 2.75) is 71.8 Å². The van der Waals surface area contributed by atoms with Crippen LogP contribution in [-0.4, -0.2) is 39.0 Å². The van der Waals surface area contributed by atoms with Crippen LogP contribution in [-0.2, 0) is 11.2 Å². The number of carboxylic acids is 1. The first kappa shape index (κ1) is 25.1. The van der Waals surface area contributed by atoms with E-state index in [4.69, 9.17) is 15.1 Å². The number of likely N-dealkylation sites (N-methyl/N-ethyl adjacent to an activating group) is 1. The lowest BCUT2D eigenvalue weighted by atomic mass is 9.94. The number of aryl methyl sites for hydroxylation is 2. The molecule has 1 aliphatic heterocycles. The minimum absolute atomic E-state index is 0.256. The van der Waals surface area contributed by atoms with Gasteiger partial charge in [0, 0.05) is 30.5 Å². The standard InChI is InChI=1S/C30H37N3O2/c1-4-33-20-19-25-30(26(33)9-7-5-6-8-10-27(34)35)32-29(24-17-13-22(3)14-18-24)28(31-25)23-15-11-21(2)12-16-23/h11-18,26H,4-10,19-20H2,1-3H3,(H,34,35). The van der Waals surface area contributed by atoms with Gasteiger partial charge in [-0.1, -0.05) is 85.8 Å². The number of aliphatic carboxylic acids is 1. The number of fused-ring (bicyclic) bond motifs is 1. The van der Waals surface area contributed by atoms with Crippen molar-refractivity contribution in [1.29, 1.82) is 0 Å². The van der Waals surface area contributed by atoms with Crippen molar-refractivity contribution in [2.24, 2.45) is 0 Å². The largest absolute Gasteiger partial charge is 0.481 e. The molecule has 5 heteroatoms. The molecule has 0 bridgehead atoms.